The number of carbonyl (C=O) groups is 2. The van der Waals surface area contributed by atoms with E-state index in [1.54, 1.807) is 11.8 Å². The zero-order valence-corrected chi connectivity index (χ0v) is 17.1. The molecule has 2 aliphatic carbocycles. The van der Waals surface area contributed by atoms with Gasteiger partial charge in [0.15, 0.2) is 5.78 Å². The highest BCUT2D eigenvalue weighted by atomic mass is 32.2. The number of hydrogen-bond donors (Lipinski definition) is 0. The van der Waals surface area contributed by atoms with Crippen molar-refractivity contribution in [3.63, 3.8) is 0 Å². The Morgan fingerprint density at radius 2 is 2.12 bits per heavy atom. The topological polar surface area (TPSA) is 43.4 Å². The Morgan fingerprint density at radius 3 is 2.88 bits per heavy atom. The van der Waals surface area contributed by atoms with Crippen LogP contribution in [0, 0.1) is 5.41 Å². The van der Waals surface area contributed by atoms with Gasteiger partial charge in [0.1, 0.15) is 4.88 Å². The maximum atomic E-state index is 12.8. The van der Waals surface area contributed by atoms with Crippen molar-refractivity contribution in [2.24, 2.45) is 5.41 Å². The number of allylic oxidation sites excluding steroid dienone is 5. The van der Waals surface area contributed by atoms with E-state index in [1.807, 2.05) is 19.1 Å². The molecule has 0 radical (unpaired) electrons. The molecule has 3 nitrogen and oxygen atoms in total. The SMILES string of the molecule is CCOC(=O)c1sc(SCC2=CCC=CC=C2)c2c1CC(C)(C)CC2=O. The van der Waals surface area contributed by atoms with Gasteiger partial charge in [-0.1, -0.05) is 44.2 Å². The van der Waals surface area contributed by atoms with Gasteiger partial charge in [0.25, 0.3) is 0 Å². The van der Waals surface area contributed by atoms with Crippen LogP contribution < -0.4 is 0 Å². The highest BCUT2D eigenvalue weighted by Crippen LogP contribution is 2.45. The lowest BCUT2D eigenvalue weighted by Crippen LogP contribution is -2.27. The molecule has 0 spiro atoms. The van der Waals surface area contributed by atoms with Crippen LogP contribution in [0.4, 0.5) is 0 Å². The molecule has 2 aliphatic rings. The van der Waals surface area contributed by atoms with E-state index in [0.717, 1.165) is 33.9 Å². The van der Waals surface area contributed by atoms with Crippen molar-refractivity contribution in [3.8, 4) is 0 Å². The summed E-state index contributed by atoms with van der Waals surface area (Å²) in [4.78, 5) is 25.9. The van der Waals surface area contributed by atoms with E-state index >= 15 is 0 Å². The number of ether oxygens (including phenoxy) is 1. The number of fused-ring (bicyclic) bond motifs is 1. The van der Waals surface area contributed by atoms with Gasteiger partial charge in [-0.3, -0.25) is 4.79 Å². The van der Waals surface area contributed by atoms with E-state index in [2.05, 4.69) is 32.1 Å². The summed E-state index contributed by atoms with van der Waals surface area (Å²) in [5, 5.41) is 0. The summed E-state index contributed by atoms with van der Waals surface area (Å²) in [6.45, 7) is 6.32. The number of Topliss-reactive ketones (excluding diaryl/α,β-unsaturated/α-hetero) is 1. The number of ketones is 1. The maximum Gasteiger partial charge on any atom is 0.348 e. The third-order valence-electron chi connectivity index (χ3n) is 4.45. The Kier molecular flexibility index (Phi) is 5.88. The van der Waals surface area contributed by atoms with Gasteiger partial charge < -0.3 is 4.74 Å². The molecule has 0 bridgehead atoms. The lowest BCUT2D eigenvalue weighted by Gasteiger charge is -2.29. The maximum absolute atomic E-state index is 12.8. The van der Waals surface area contributed by atoms with Crippen LogP contribution >= 0.6 is 23.1 Å². The molecule has 3 rings (SSSR count). The molecule has 1 aromatic heterocycles. The van der Waals surface area contributed by atoms with E-state index in [0.29, 0.717) is 17.9 Å². The fourth-order valence-corrected chi connectivity index (χ4v) is 5.82. The summed E-state index contributed by atoms with van der Waals surface area (Å²) < 4.78 is 6.20. The Bertz CT molecular complexity index is 809. The van der Waals surface area contributed by atoms with Crippen molar-refractivity contribution in [1.82, 2.24) is 0 Å². The van der Waals surface area contributed by atoms with Crippen molar-refractivity contribution in [1.29, 1.82) is 0 Å². The van der Waals surface area contributed by atoms with Gasteiger partial charge in [0.2, 0.25) is 0 Å². The van der Waals surface area contributed by atoms with Gasteiger partial charge in [-0.25, -0.2) is 4.79 Å². The third-order valence-corrected chi connectivity index (χ3v) is 7.01. The molecule has 1 aromatic rings. The molecule has 26 heavy (non-hydrogen) atoms. The van der Waals surface area contributed by atoms with Crippen molar-refractivity contribution in [2.75, 3.05) is 12.4 Å². The number of esters is 1. The van der Waals surface area contributed by atoms with Crippen LogP contribution in [0.2, 0.25) is 0 Å². The van der Waals surface area contributed by atoms with Gasteiger partial charge in [0.05, 0.1) is 10.8 Å². The first-order chi connectivity index (χ1) is 12.4. The van der Waals surface area contributed by atoms with E-state index < -0.39 is 0 Å². The predicted molar refractivity (Wildman–Crippen MR) is 108 cm³/mol. The zero-order chi connectivity index (χ0) is 18.7. The second-order valence-electron chi connectivity index (χ2n) is 7.32. The molecular weight excluding hydrogens is 364 g/mol. The summed E-state index contributed by atoms with van der Waals surface area (Å²) in [7, 11) is 0. The van der Waals surface area contributed by atoms with Crippen molar-refractivity contribution in [3.05, 3.63) is 52.0 Å². The van der Waals surface area contributed by atoms with Crippen molar-refractivity contribution < 1.29 is 14.3 Å². The first kappa shape index (κ1) is 19.2. The summed E-state index contributed by atoms with van der Waals surface area (Å²) in [5.74, 6) is 0.644. The lowest BCUT2D eigenvalue weighted by atomic mass is 9.74. The number of thioether (sulfide) groups is 1. The van der Waals surface area contributed by atoms with Crippen molar-refractivity contribution >= 4 is 34.9 Å². The van der Waals surface area contributed by atoms with Crippen LogP contribution in [0.1, 0.15) is 59.2 Å². The van der Waals surface area contributed by atoms with E-state index in [1.165, 1.54) is 16.9 Å². The molecule has 0 aliphatic heterocycles. The van der Waals surface area contributed by atoms with Crippen LogP contribution in [-0.2, 0) is 11.2 Å². The molecule has 0 amide bonds. The van der Waals surface area contributed by atoms with Crippen LogP contribution in [-0.4, -0.2) is 24.1 Å². The van der Waals surface area contributed by atoms with E-state index in [9.17, 15) is 9.59 Å². The van der Waals surface area contributed by atoms with Crippen LogP contribution in [0.5, 0.6) is 0 Å². The number of rotatable bonds is 5. The minimum Gasteiger partial charge on any atom is -0.462 e. The highest BCUT2D eigenvalue weighted by molar-refractivity contribution is 8.01. The minimum absolute atomic E-state index is 0.118. The monoisotopic (exact) mass is 388 g/mol. The van der Waals surface area contributed by atoms with Crippen LogP contribution in [0.25, 0.3) is 0 Å². The molecule has 0 atom stereocenters. The fourth-order valence-electron chi connectivity index (χ4n) is 3.30. The number of carbonyl (C=O) groups excluding carboxylic acids is 2. The van der Waals surface area contributed by atoms with Gasteiger partial charge in [-0.2, -0.15) is 0 Å². The Labute approximate surface area is 163 Å². The molecule has 0 aromatic carbocycles. The number of thiophene rings is 1. The Hall–Kier alpha value is -1.59. The predicted octanol–water partition coefficient (Wildman–Crippen LogP) is 5.61. The lowest BCUT2D eigenvalue weighted by molar-refractivity contribution is 0.0530. The first-order valence-corrected chi connectivity index (χ1v) is 10.7. The average molecular weight is 389 g/mol. The van der Waals surface area contributed by atoms with Crippen LogP contribution in [0.3, 0.4) is 0 Å². The standard InChI is InChI=1S/C21H24O3S2/c1-4-24-19(23)18-15-11-21(2,3)12-16(22)17(15)20(26-18)25-13-14-9-7-5-6-8-10-14/h5-7,9-10H,4,8,11-13H2,1-3H3. The largest absolute Gasteiger partial charge is 0.462 e. The molecule has 0 unspecified atom stereocenters. The first-order valence-electron chi connectivity index (χ1n) is 8.92. The molecule has 0 fully saturated rings. The normalized spacial score (nSPS) is 18.3. The quantitative estimate of drug-likeness (QED) is 0.485. The molecule has 1 heterocycles. The third kappa shape index (κ3) is 4.21. The summed E-state index contributed by atoms with van der Waals surface area (Å²) in [5.41, 5.74) is 2.78. The van der Waals surface area contributed by atoms with E-state index in [-0.39, 0.29) is 17.2 Å². The molecule has 0 saturated heterocycles. The highest BCUT2D eigenvalue weighted by Gasteiger charge is 2.37. The second kappa shape index (κ2) is 7.97. The summed E-state index contributed by atoms with van der Waals surface area (Å²) >= 11 is 3.08. The zero-order valence-electron chi connectivity index (χ0n) is 15.5. The molecular formula is C21H24O3S2. The van der Waals surface area contributed by atoms with E-state index in [4.69, 9.17) is 4.74 Å². The Morgan fingerprint density at radius 1 is 1.31 bits per heavy atom. The molecule has 5 heteroatoms. The second-order valence-corrected chi connectivity index (χ2v) is 9.59. The van der Waals surface area contributed by atoms with Gasteiger partial charge in [0, 0.05) is 17.7 Å². The Balaban J connectivity index is 1.92. The fraction of sp³-hybridized carbons (Fsp3) is 0.429. The van der Waals surface area contributed by atoms with Gasteiger partial charge >= 0.3 is 5.97 Å². The summed E-state index contributed by atoms with van der Waals surface area (Å²) in [6.07, 6.45) is 12.7. The molecule has 0 saturated carbocycles. The van der Waals surface area contributed by atoms with Gasteiger partial charge in [-0.15, -0.1) is 23.1 Å². The van der Waals surface area contributed by atoms with Crippen LogP contribution in [0.15, 0.2) is 40.2 Å². The number of hydrogen-bond acceptors (Lipinski definition) is 5. The molecule has 0 N–H and O–H groups in total. The van der Waals surface area contributed by atoms with Crippen molar-refractivity contribution in [2.45, 2.75) is 44.2 Å². The minimum atomic E-state index is -0.302. The average Bonchev–Trinajstić information content (AvgIpc) is 2.75. The smallest absolute Gasteiger partial charge is 0.348 e. The summed E-state index contributed by atoms with van der Waals surface area (Å²) in [6, 6.07) is 0. The van der Waals surface area contributed by atoms with Gasteiger partial charge in [-0.05, 0) is 36.3 Å². The molecule has 138 valence electrons.